The lowest BCUT2D eigenvalue weighted by atomic mass is 9.96. The molecule has 0 aliphatic carbocycles. The topological polar surface area (TPSA) is 55.4 Å². The third kappa shape index (κ3) is 3.47. The maximum absolute atomic E-state index is 13.0. The fourth-order valence-electron chi connectivity index (χ4n) is 3.35. The van der Waals surface area contributed by atoms with Crippen LogP contribution in [0.15, 0.2) is 78.9 Å². The molecule has 1 heterocycles. The summed E-state index contributed by atoms with van der Waals surface area (Å²) < 4.78 is 5.66. The average Bonchev–Trinajstić information content (AvgIpc) is 2.74. The predicted octanol–water partition coefficient (Wildman–Crippen LogP) is 4.17. The van der Waals surface area contributed by atoms with E-state index in [0.29, 0.717) is 29.7 Å². The smallest absolute Gasteiger partial charge is 0.252 e. The normalized spacial score (nSPS) is 15.3. The van der Waals surface area contributed by atoms with Crippen molar-refractivity contribution in [2.45, 2.75) is 12.5 Å². The van der Waals surface area contributed by atoms with Gasteiger partial charge in [0.1, 0.15) is 5.75 Å². The molecule has 4 nitrogen and oxygen atoms in total. The van der Waals surface area contributed by atoms with Crippen LogP contribution in [-0.4, -0.2) is 18.3 Å². The number of amides is 1. The first-order valence-electron chi connectivity index (χ1n) is 8.95. The van der Waals surface area contributed by atoms with E-state index < -0.39 is 0 Å². The zero-order valence-corrected chi connectivity index (χ0v) is 14.7. The zero-order valence-electron chi connectivity index (χ0n) is 14.7. The largest absolute Gasteiger partial charge is 0.493 e. The fourth-order valence-corrected chi connectivity index (χ4v) is 3.35. The van der Waals surface area contributed by atoms with Gasteiger partial charge in [-0.1, -0.05) is 66.7 Å². The molecule has 3 aromatic carbocycles. The van der Waals surface area contributed by atoms with E-state index >= 15 is 0 Å². The molecule has 1 aliphatic heterocycles. The highest BCUT2D eigenvalue weighted by atomic mass is 16.5. The van der Waals surface area contributed by atoms with Crippen molar-refractivity contribution in [1.29, 1.82) is 0 Å². The predicted molar refractivity (Wildman–Crippen MR) is 103 cm³/mol. The summed E-state index contributed by atoms with van der Waals surface area (Å²) in [5.41, 5.74) is 2.31. The van der Waals surface area contributed by atoms with Gasteiger partial charge < -0.3 is 10.1 Å². The summed E-state index contributed by atoms with van der Waals surface area (Å²) >= 11 is 0. The highest BCUT2D eigenvalue weighted by molar-refractivity contribution is 6.15. The summed E-state index contributed by atoms with van der Waals surface area (Å²) in [6.45, 7) is 0.548. The maximum Gasteiger partial charge on any atom is 0.252 e. The first-order valence-corrected chi connectivity index (χ1v) is 8.95. The average molecular weight is 357 g/mol. The van der Waals surface area contributed by atoms with Crippen LogP contribution in [0.2, 0.25) is 0 Å². The minimum absolute atomic E-state index is 0.137. The molecule has 3 aromatic rings. The Morgan fingerprint density at radius 3 is 2.30 bits per heavy atom. The molecule has 4 rings (SSSR count). The van der Waals surface area contributed by atoms with E-state index in [1.54, 1.807) is 36.4 Å². The lowest BCUT2D eigenvalue weighted by Crippen LogP contribution is -2.33. The van der Waals surface area contributed by atoms with Crippen molar-refractivity contribution in [3.63, 3.8) is 0 Å². The molecule has 0 unspecified atom stereocenters. The molecular formula is C23H19NO3. The molecule has 1 atom stereocenters. The fraction of sp³-hybridized carbons (Fsp3) is 0.130. The first-order chi connectivity index (χ1) is 13.2. The van der Waals surface area contributed by atoms with Crippen LogP contribution in [0, 0.1) is 0 Å². The number of nitrogens with one attached hydrogen (secondary N) is 1. The van der Waals surface area contributed by atoms with Crippen LogP contribution in [0.4, 0.5) is 0 Å². The lowest BCUT2D eigenvalue weighted by Gasteiger charge is -2.26. The number of carbonyl (C=O) groups is 2. The Labute approximate surface area is 157 Å². The van der Waals surface area contributed by atoms with Gasteiger partial charge in [-0.3, -0.25) is 9.59 Å². The molecule has 1 N–H and O–H groups in total. The van der Waals surface area contributed by atoms with E-state index in [9.17, 15) is 9.59 Å². The van der Waals surface area contributed by atoms with Crippen molar-refractivity contribution in [2.24, 2.45) is 0 Å². The minimum Gasteiger partial charge on any atom is -0.493 e. The van der Waals surface area contributed by atoms with E-state index in [1.807, 2.05) is 42.5 Å². The highest BCUT2D eigenvalue weighted by Gasteiger charge is 2.25. The Hall–Kier alpha value is -3.40. The van der Waals surface area contributed by atoms with Crippen molar-refractivity contribution in [1.82, 2.24) is 5.32 Å². The van der Waals surface area contributed by atoms with Crippen molar-refractivity contribution < 1.29 is 14.3 Å². The van der Waals surface area contributed by atoms with Crippen LogP contribution in [0.25, 0.3) is 0 Å². The third-order valence-electron chi connectivity index (χ3n) is 4.72. The van der Waals surface area contributed by atoms with Gasteiger partial charge in [0, 0.05) is 23.1 Å². The second-order valence-electron chi connectivity index (χ2n) is 6.44. The number of ether oxygens (including phenoxy) is 1. The number of ketones is 1. The molecular weight excluding hydrogens is 338 g/mol. The van der Waals surface area contributed by atoms with Crippen LogP contribution in [0.3, 0.4) is 0 Å². The second-order valence-corrected chi connectivity index (χ2v) is 6.44. The second kappa shape index (κ2) is 7.46. The van der Waals surface area contributed by atoms with Crippen LogP contribution in [0.1, 0.15) is 44.3 Å². The van der Waals surface area contributed by atoms with E-state index in [1.165, 1.54) is 0 Å². The Balaban J connectivity index is 1.62. The summed E-state index contributed by atoms with van der Waals surface area (Å²) in [5, 5.41) is 3.07. The number of rotatable bonds is 4. The standard InChI is InChI=1S/C23H19NO3/c25-22(16-8-2-1-3-9-16)17-10-4-5-11-18(17)23(26)24-20-14-15-27-21-13-7-6-12-19(20)21/h1-13,20H,14-15H2,(H,24,26)/t20-/m1/s1. The number of hydrogen-bond donors (Lipinski definition) is 1. The van der Waals surface area contributed by atoms with Gasteiger partial charge in [-0.05, 0) is 12.1 Å². The summed E-state index contributed by atoms with van der Waals surface area (Å²) in [7, 11) is 0. The number of benzene rings is 3. The molecule has 0 radical (unpaired) electrons. The maximum atomic E-state index is 13.0. The number of carbonyl (C=O) groups excluding carboxylic acids is 2. The molecule has 0 saturated heterocycles. The van der Waals surface area contributed by atoms with Crippen molar-refractivity contribution in [2.75, 3.05) is 6.61 Å². The van der Waals surface area contributed by atoms with Gasteiger partial charge >= 0.3 is 0 Å². The van der Waals surface area contributed by atoms with Crippen LogP contribution in [0.5, 0.6) is 5.75 Å². The van der Waals surface area contributed by atoms with Crippen LogP contribution < -0.4 is 10.1 Å². The molecule has 0 spiro atoms. The molecule has 1 amide bonds. The van der Waals surface area contributed by atoms with Crippen molar-refractivity contribution in [3.05, 3.63) is 101 Å². The van der Waals surface area contributed by atoms with E-state index in [0.717, 1.165) is 11.3 Å². The molecule has 134 valence electrons. The molecule has 0 fully saturated rings. The first kappa shape index (κ1) is 17.0. The Morgan fingerprint density at radius 1 is 0.815 bits per heavy atom. The zero-order chi connectivity index (χ0) is 18.6. The van der Waals surface area contributed by atoms with E-state index in [2.05, 4.69) is 5.32 Å². The van der Waals surface area contributed by atoms with Gasteiger partial charge in [-0.15, -0.1) is 0 Å². The third-order valence-corrected chi connectivity index (χ3v) is 4.72. The van der Waals surface area contributed by atoms with Crippen molar-refractivity contribution >= 4 is 11.7 Å². The van der Waals surface area contributed by atoms with Gasteiger partial charge in [-0.2, -0.15) is 0 Å². The van der Waals surface area contributed by atoms with Crippen LogP contribution in [-0.2, 0) is 0 Å². The quantitative estimate of drug-likeness (QED) is 0.713. The van der Waals surface area contributed by atoms with Gasteiger partial charge in [0.05, 0.1) is 18.2 Å². The Morgan fingerprint density at radius 2 is 1.48 bits per heavy atom. The SMILES string of the molecule is O=C(N[C@@H]1CCOc2ccccc21)c1ccccc1C(=O)c1ccccc1. The number of para-hydroxylation sites is 1. The Bertz CT molecular complexity index is 982. The number of hydrogen-bond acceptors (Lipinski definition) is 3. The molecule has 4 heteroatoms. The molecule has 1 aliphatic rings. The highest BCUT2D eigenvalue weighted by Crippen LogP contribution is 2.31. The molecule has 27 heavy (non-hydrogen) atoms. The lowest BCUT2D eigenvalue weighted by molar-refractivity contribution is 0.0915. The summed E-state index contributed by atoms with van der Waals surface area (Å²) in [4.78, 5) is 25.8. The van der Waals surface area contributed by atoms with E-state index in [-0.39, 0.29) is 17.7 Å². The molecule has 0 aromatic heterocycles. The van der Waals surface area contributed by atoms with Gasteiger partial charge in [0.15, 0.2) is 5.78 Å². The Kier molecular flexibility index (Phi) is 4.71. The summed E-state index contributed by atoms with van der Waals surface area (Å²) in [5.74, 6) is 0.382. The summed E-state index contributed by atoms with van der Waals surface area (Å²) in [6.07, 6.45) is 0.692. The van der Waals surface area contributed by atoms with E-state index in [4.69, 9.17) is 4.74 Å². The number of fused-ring (bicyclic) bond motifs is 1. The summed E-state index contributed by atoms with van der Waals surface area (Å²) in [6, 6.07) is 23.5. The molecule has 0 saturated carbocycles. The van der Waals surface area contributed by atoms with Crippen molar-refractivity contribution in [3.8, 4) is 5.75 Å². The van der Waals surface area contributed by atoms with Gasteiger partial charge in [-0.25, -0.2) is 0 Å². The van der Waals surface area contributed by atoms with Gasteiger partial charge in [0.25, 0.3) is 5.91 Å². The molecule has 0 bridgehead atoms. The van der Waals surface area contributed by atoms with Gasteiger partial charge in [0.2, 0.25) is 0 Å². The minimum atomic E-state index is -0.253. The van der Waals surface area contributed by atoms with Crippen LogP contribution >= 0.6 is 0 Å². The monoisotopic (exact) mass is 357 g/mol.